The molecule has 2 atom stereocenters. The smallest absolute Gasteiger partial charge is 0.188 e. The summed E-state index contributed by atoms with van der Waals surface area (Å²) in [5.41, 5.74) is -0.258. The van der Waals surface area contributed by atoms with Gasteiger partial charge in [-0.2, -0.15) is 0 Å². The fourth-order valence-electron chi connectivity index (χ4n) is 1.17. The van der Waals surface area contributed by atoms with Crippen LogP contribution in [-0.4, -0.2) is 21.2 Å². The standard InChI is InChI=1S/C10H19Cl2NO/c1-8(2,3)10(11,12)7-13(14-7)9(4,5)6/h7H,1-6H3. The molecule has 1 rings (SSSR count). The summed E-state index contributed by atoms with van der Waals surface area (Å²) in [7, 11) is 0. The van der Waals surface area contributed by atoms with Gasteiger partial charge in [0, 0.05) is 5.54 Å². The van der Waals surface area contributed by atoms with Gasteiger partial charge in [0.1, 0.15) is 0 Å². The summed E-state index contributed by atoms with van der Waals surface area (Å²) in [6.45, 7) is 12.2. The van der Waals surface area contributed by atoms with E-state index in [1.807, 2.05) is 25.8 Å². The van der Waals surface area contributed by atoms with Crippen LogP contribution in [0.5, 0.6) is 0 Å². The Balaban J connectivity index is 2.72. The molecule has 0 bridgehead atoms. The van der Waals surface area contributed by atoms with E-state index in [0.29, 0.717) is 0 Å². The second kappa shape index (κ2) is 3.24. The quantitative estimate of drug-likeness (QED) is 0.514. The maximum atomic E-state index is 6.31. The Morgan fingerprint density at radius 2 is 1.43 bits per heavy atom. The Hall–Kier alpha value is 0.500. The molecule has 0 spiro atoms. The Kier molecular flexibility index (Phi) is 2.91. The zero-order valence-corrected chi connectivity index (χ0v) is 11.2. The lowest BCUT2D eigenvalue weighted by molar-refractivity contribution is 0.101. The molecule has 84 valence electrons. The number of hydrogen-bond donors (Lipinski definition) is 0. The summed E-state index contributed by atoms with van der Waals surface area (Å²) in [5, 5.41) is 1.85. The fourth-order valence-corrected chi connectivity index (χ4v) is 1.43. The van der Waals surface area contributed by atoms with Crippen LogP contribution in [0.1, 0.15) is 41.5 Å². The van der Waals surface area contributed by atoms with Gasteiger partial charge in [-0.1, -0.05) is 44.0 Å². The zero-order valence-electron chi connectivity index (χ0n) is 9.69. The maximum Gasteiger partial charge on any atom is 0.188 e. The third-order valence-electron chi connectivity index (χ3n) is 2.35. The summed E-state index contributed by atoms with van der Waals surface area (Å²) in [4.78, 5) is 5.44. The van der Waals surface area contributed by atoms with E-state index in [1.54, 1.807) is 0 Å². The van der Waals surface area contributed by atoms with Gasteiger partial charge >= 0.3 is 0 Å². The number of alkyl halides is 2. The lowest BCUT2D eigenvalue weighted by Crippen LogP contribution is -2.41. The minimum Gasteiger partial charge on any atom is -0.271 e. The van der Waals surface area contributed by atoms with Gasteiger partial charge in [0.15, 0.2) is 10.6 Å². The van der Waals surface area contributed by atoms with E-state index in [2.05, 4.69) is 20.8 Å². The molecule has 0 N–H and O–H groups in total. The molecule has 0 saturated carbocycles. The molecule has 0 aromatic rings. The van der Waals surface area contributed by atoms with Gasteiger partial charge in [-0.15, -0.1) is 5.06 Å². The zero-order chi connectivity index (χ0) is 11.4. The van der Waals surface area contributed by atoms with Crippen LogP contribution in [0.25, 0.3) is 0 Å². The monoisotopic (exact) mass is 239 g/mol. The molecule has 1 saturated heterocycles. The van der Waals surface area contributed by atoms with Gasteiger partial charge in [-0.25, -0.2) is 0 Å². The first kappa shape index (κ1) is 12.6. The van der Waals surface area contributed by atoms with Gasteiger partial charge < -0.3 is 0 Å². The molecular formula is C10H19Cl2NO. The first-order valence-electron chi connectivity index (χ1n) is 4.82. The van der Waals surface area contributed by atoms with Crippen molar-refractivity contribution < 1.29 is 4.84 Å². The molecule has 0 amide bonds. The van der Waals surface area contributed by atoms with E-state index in [1.165, 1.54) is 0 Å². The number of hydrogen-bond acceptors (Lipinski definition) is 2. The average Bonchev–Trinajstić information content (AvgIpc) is 2.57. The minimum atomic E-state index is -0.875. The second-order valence-corrected chi connectivity index (χ2v) is 7.21. The molecule has 0 aliphatic carbocycles. The van der Waals surface area contributed by atoms with Crippen molar-refractivity contribution in [2.75, 3.05) is 0 Å². The Morgan fingerprint density at radius 3 is 1.64 bits per heavy atom. The van der Waals surface area contributed by atoms with Gasteiger partial charge in [-0.05, 0) is 26.2 Å². The number of halogens is 2. The highest BCUT2D eigenvalue weighted by molar-refractivity contribution is 6.49. The predicted molar refractivity (Wildman–Crippen MR) is 60.4 cm³/mol. The van der Waals surface area contributed by atoms with E-state index in [-0.39, 0.29) is 17.2 Å². The molecule has 1 aliphatic heterocycles. The first-order chi connectivity index (χ1) is 5.98. The number of rotatable bonds is 1. The normalized spacial score (nSPS) is 29.1. The highest BCUT2D eigenvalue weighted by Gasteiger charge is 2.61. The first-order valence-corrected chi connectivity index (χ1v) is 5.57. The van der Waals surface area contributed by atoms with Crippen LogP contribution in [0, 0.1) is 5.41 Å². The number of nitrogens with zero attached hydrogens (tertiary/aromatic N) is 1. The Labute approximate surface area is 96.5 Å². The minimum absolute atomic E-state index is 0.0506. The molecule has 0 aromatic carbocycles. The summed E-state index contributed by atoms with van der Waals surface area (Å²) < 4.78 is -0.875. The largest absolute Gasteiger partial charge is 0.271 e. The second-order valence-electron chi connectivity index (χ2n) is 5.83. The fraction of sp³-hybridized carbons (Fsp3) is 1.00. The summed E-state index contributed by atoms with van der Waals surface area (Å²) in [6, 6.07) is 0. The average molecular weight is 240 g/mol. The van der Waals surface area contributed by atoms with Crippen molar-refractivity contribution >= 4 is 23.2 Å². The molecule has 0 radical (unpaired) electrons. The van der Waals surface area contributed by atoms with Crippen LogP contribution in [0.15, 0.2) is 0 Å². The highest BCUT2D eigenvalue weighted by Crippen LogP contribution is 2.52. The van der Waals surface area contributed by atoms with Crippen molar-refractivity contribution in [3.63, 3.8) is 0 Å². The maximum absolute atomic E-state index is 6.31. The lowest BCUT2D eigenvalue weighted by atomic mass is 9.90. The van der Waals surface area contributed by atoms with E-state index in [4.69, 9.17) is 28.0 Å². The van der Waals surface area contributed by atoms with Crippen LogP contribution >= 0.6 is 23.2 Å². The predicted octanol–water partition coefficient (Wildman–Crippen LogP) is 3.58. The molecule has 1 fully saturated rings. The van der Waals surface area contributed by atoms with Gasteiger partial charge in [0.2, 0.25) is 0 Å². The molecule has 2 unspecified atom stereocenters. The summed E-state index contributed by atoms with van der Waals surface area (Å²) in [5.74, 6) is 0. The summed E-state index contributed by atoms with van der Waals surface area (Å²) >= 11 is 12.6. The molecule has 0 aromatic heterocycles. The van der Waals surface area contributed by atoms with Gasteiger partial charge in [-0.3, -0.25) is 4.84 Å². The third kappa shape index (κ3) is 2.19. The third-order valence-corrected chi connectivity index (χ3v) is 3.86. The molecule has 1 heterocycles. The van der Waals surface area contributed by atoms with Crippen LogP contribution in [0.4, 0.5) is 0 Å². The van der Waals surface area contributed by atoms with Crippen molar-refractivity contribution in [3.05, 3.63) is 0 Å². The SMILES string of the molecule is CC(C)(C)N1OC1C(Cl)(Cl)C(C)(C)C. The van der Waals surface area contributed by atoms with Crippen LogP contribution in [0.3, 0.4) is 0 Å². The molecule has 1 aliphatic rings. The van der Waals surface area contributed by atoms with Crippen LogP contribution in [0.2, 0.25) is 0 Å². The lowest BCUT2D eigenvalue weighted by Gasteiger charge is -2.32. The van der Waals surface area contributed by atoms with Crippen molar-refractivity contribution in [1.82, 2.24) is 5.06 Å². The van der Waals surface area contributed by atoms with Crippen LogP contribution < -0.4 is 0 Å². The Morgan fingerprint density at radius 1 is 1.00 bits per heavy atom. The van der Waals surface area contributed by atoms with Crippen molar-refractivity contribution in [2.24, 2.45) is 5.41 Å². The van der Waals surface area contributed by atoms with Gasteiger partial charge in [0.05, 0.1) is 0 Å². The van der Waals surface area contributed by atoms with E-state index >= 15 is 0 Å². The van der Waals surface area contributed by atoms with E-state index < -0.39 is 4.33 Å². The Bertz CT molecular complexity index is 227. The van der Waals surface area contributed by atoms with E-state index in [9.17, 15) is 0 Å². The highest BCUT2D eigenvalue weighted by atomic mass is 35.5. The van der Waals surface area contributed by atoms with E-state index in [0.717, 1.165) is 0 Å². The molecule has 2 nitrogen and oxygen atoms in total. The van der Waals surface area contributed by atoms with Crippen LogP contribution in [-0.2, 0) is 4.84 Å². The topological polar surface area (TPSA) is 15.5 Å². The molecule has 14 heavy (non-hydrogen) atoms. The molecule has 4 heteroatoms. The van der Waals surface area contributed by atoms with Crippen molar-refractivity contribution in [1.29, 1.82) is 0 Å². The van der Waals surface area contributed by atoms with Crippen molar-refractivity contribution in [3.8, 4) is 0 Å². The summed E-state index contributed by atoms with van der Waals surface area (Å²) in [6.07, 6.45) is -0.203. The van der Waals surface area contributed by atoms with Gasteiger partial charge in [0.25, 0.3) is 0 Å². The molecular weight excluding hydrogens is 221 g/mol. The number of hydroxylamine groups is 2. The van der Waals surface area contributed by atoms with Crippen molar-refractivity contribution in [2.45, 2.75) is 57.6 Å².